The number of hydrogen-bond donors (Lipinski definition) is 1. The molecule has 4 aromatic rings. The number of rotatable bonds is 8. The molecule has 5 rings (SSSR count). The first-order valence-corrected chi connectivity index (χ1v) is 13.8. The van der Waals surface area contributed by atoms with Gasteiger partial charge in [-0.05, 0) is 38.1 Å². The van der Waals surface area contributed by atoms with Gasteiger partial charge in [-0.25, -0.2) is 9.97 Å². The molecule has 0 aliphatic carbocycles. The maximum Gasteiger partial charge on any atom is 0.123 e. The first kappa shape index (κ1) is 24.6. The molecule has 1 saturated heterocycles. The second kappa shape index (κ2) is 10.9. The van der Waals surface area contributed by atoms with Crippen LogP contribution in [0.1, 0.15) is 17.6 Å². The smallest absolute Gasteiger partial charge is 0.123 e. The second-order valence-corrected chi connectivity index (χ2v) is 11.6. The van der Waals surface area contributed by atoms with Crippen molar-refractivity contribution < 1.29 is 9.84 Å². The summed E-state index contributed by atoms with van der Waals surface area (Å²) in [5.41, 5.74) is 3.15. The predicted molar refractivity (Wildman–Crippen MR) is 145 cm³/mol. The molecular weight excluding hydrogens is 500 g/mol. The van der Waals surface area contributed by atoms with Gasteiger partial charge in [-0.1, -0.05) is 23.7 Å². The quantitative estimate of drug-likeness (QED) is 0.333. The summed E-state index contributed by atoms with van der Waals surface area (Å²) >= 11 is 9.35. The molecule has 35 heavy (non-hydrogen) atoms. The Hall–Kier alpha value is -2.07. The van der Waals surface area contributed by atoms with E-state index in [1.165, 1.54) is 0 Å². The zero-order valence-electron chi connectivity index (χ0n) is 19.9. The van der Waals surface area contributed by atoms with Gasteiger partial charge in [-0.2, -0.15) is 0 Å². The first-order valence-electron chi connectivity index (χ1n) is 11.8. The van der Waals surface area contributed by atoms with Gasteiger partial charge in [-0.3, -0.25) is 9.80 Å². The van der Waals surface area contributed by atoms with Crippen LogP contribution >= 0.6 is 34.3 Å². The fourth-order valence-corrected chi connectivity index (χ4v) is 6.19. The first-order chi connectivity index (χ1) is 16.9. The Bertz CT molecular complexity index is 1280. The summed E-state index contributed by atoms with van der Waals surface area (Å²) < 4.78 is 7.02. The van der Waals surface area contributed by atoms with Crippen molar-refractivity contribution in [2.24, 2.45) is 0 Å². The highest BCUT2D eigenvalue weighted by Crippen LogP contribution is 2.27. The molecule has 0 bridgehead atoms. The zero-order chi connectivity index (χ0) is 24.4. The van der Waals surface area contributed by atoms with Gasteiger partial charge in [0, 0.05) is 60.8 Å². The molecule has 2 atom stereocenters. The Labute approximate surface area is 218 Å². The van der Waals surface area contributed by atoms with E-state index >= 15 is 0 Å². The number of nitrogens with zero attached hydrogens (tertiary/aromatic N) is 4. The van der Waals surface area contributed by atoms with Crippen molar-refractivity contribution in [3.8, 4) is 16.3 Å². The highest BCUT2D eigenvalue weighted by atomic mass is 35.5. The Balaban J connectivity index is 1.09. The van der Waals surface area contributed by atoms with Crippen molar-refractivity contribution in [3.05, 3.63) is 63.6 Å². The molecule has 0 radical (unpaired) electrons. The van der Waals surface area contributed by atoms with Crippen LogP contribution in [0.5, 0.6) is 5.75 Å². The average molecular weight is 529 g/mol. The predicted octanol–water partition coefficient (Wildman–Crippen LogP) is 5.33. The molecule has 6 nitrogen and oxygen atoms in total. The van der Waals surface area contributed by atoms with Gasteiger partial charge in [-0.15, -0.1) is 22.7 Å². The third kappa shape index (κ3) is 6.20. The summed E-state index contributed by atoms with van der Waals surface area (Å²) in [5.74, 6) is 0.751. The van der Waals surface area contributed by atoms with E-state index in [4.69, 9.17) is 21.3 Å². The lowest BCUT2D eigenvalue weighted by Crippen LogP contribution is -2.53. The number of benzene rings is 2. The van der Waals surface area contributed by atoms with E-state index in [1.54, 1.807) is 22.7 Å². The minimum atomic E-state index is -0.540. The number of aromatic nitrogens is 2. The maximum absolute atomic E-state index is 10.6. The lowest BCUT2D eigenvalue weighted by Gasteiger charge is -2.40. The number of β-amino-alcohol motifs (C(OH)–C–C–N with tert-alkyl or cyclic N) is 1. The van der Waals surface area contributed by atoms with Gasteiger partial charge < -0.3 is 9.84 Å². The van der Waals surface area contributed by atoms with Crippen LogP contribution in [-0.4, -0.2) is 69.8 Å². The van der Waals surface area contributed by atoms with Crippen molar-refractivity contribution in [2.45, 2.75) is 32.5 Å². The van der Waals surface area contributed by atoms with Gasteiger partial charge in [0.1, 0.15) is 23.5 Å². The number of halogens is 1. The number of hydrogen-bond acceptors (Lipinski definition) is 8. The lowest BCUT2D eigenvalue weighted by molar-refractivity contribution is 0.0253. The van der Waals surface area contributed by atoms with Crippen molar-refractivity contribution in [3.63, 3.8) is 0 Å². The molecule has 0 saturated carbocycles. The van der Waals surface area contributed by atoms with Crippen LogP contribution in [0.15, 0.2) is 47.8 Å². The molecule has 2 aromatic carbocycles. The third-order valence-corrected chi connectivity index (χ3v) is 8.38. The summed E-state index contributed by atoms with van der Waals surface area (Å²) in [5, 5.41) is 15.5. The van der Waals surface area contributed by atoms with Gasteiger partial charge in [0.2, 0.25) is 0 Å². The van der Waals surface area contributed by atoms with Crippen LogP contribution in [0.4, 0.5) is 0 Å². The van der Waals surface area contributed by atoms with Gasteiger partial charge >= 0.3 is 0 Å². The molecular formula is C26H29ClN4O2S2. The monoisotopic (exact) mass is 528 g/mol. The Morgan fingerprint density at radius 1 is 1.17 bits per heavy atom. The van der Waals surface area contributed by atoms with Gasteiger partial charge in [0.25, 0.3) is 0 Å². The molecule has 1 fully saturated rings. The number of fused-ring (bicyclic) bond motifs is 1. The highest BCUT2D eigenvalue weighted by Gasteiger charge is 2.26. The number of aliphatic hydroxyl groups is 1. The molecule has 3 heterocycles. The van der Waals surface area contributed by atoms with Crippen LogP contribution in [0, 0.1) is 6.92 Å². The average Bonchev–Trinajstić information content (AvgIpc) is 3.45. The number of ether oxygens (including phenoxy) is 1. The molecule has 1 aliphatic rings. The summed E-state index contributed by atoms with van der Waals surface area (Å²) in [6, 6.07) is 14.1. The molecule has 0 amide bonds. The van der Waals surface area contributed by atoms with Crippen LogP contribution < -0.4 is 4.74 Å². The summed E-state index contributed by atoms with van der Waals surface area (Å²) in [6.07, 6.45) is -0.540. The molecule has 0 spiro atoms. The van der Waals surface area contributed by atoms with E-state index in [-0.39, 0.29) is 6.61 Å². The third-order valence-electron chi connectivity index (χ3n) is 6.23. The second-order valence-electron chi connectivity index (χ2n) is 9.06. The molecule has 1 N–H and O–H groups in total. The summed E-state index contributed by atoms with van der Waals surface area (Å²) in [6.45, 7) is 8.74. The topological polar surface area (TPSA) is 61.7 Å². The Kier molecular flexibility index (Phi) is 7.67. The van der Waals surface area contributed by atoms with E-state index in [0.29, 0.717) is 12.6 Å². The van der Waals surface area contributed by atoms with Crippen LogP contribution in [0.25, 0.3) is 20.8 Å². The standard InChI is InChI=1S/C26H29ClN4O2S2/c1-17-12-30(14-22(32)15-33-23-7-8-25-24(11-23)28-18(2)35-25)9-10-31(17)13-21-16-34-26(29-21)19-3-5-20(27)6-4-19/h3-8,11,16-17,22,32H,9-10,12-15H2,1-2H3/t17-,22-/m1/s1. The van der Waals surface area contributed by atoms with E-state index in [2.05, 4.69) is 27.1 Å². The maximum atomic E-state index is 10.6. The number of piperazine rings is 1. The fourth-order valence-electron chi connectivity index (χ4n) is 4.44. The largest absolute Gasteiger partial charge is 0.491 e. The molecule has 2 aromatic heterocycles. The summed E-state index contributed by atoms with van der Waals surface area (Å²) in [7, 11) is 0. The molecule has 184 valence electrons. The zero-order valence-corrected chi connectivity index (χ0v) is 22.2. The number of thiazole rings is 2. The molecule has 1 aliphatic heterocycles. The van der Waals surface area contributed by atoms with Crippen LogP contribution in [0.2, 0.25) is 5.02 Å². The Morgan fingerprint density at radius 2 is 2.00 bits per heavy atom. The number of aliphatic hydroxyl groups excluding tert-OH is 1. The normalized spacial score (nSPS) is 18.2. The SMILES string of the molecule is Cc1nc2cc(OC[C@H](O)CN3CCN(Cc4csc(-c5ccc(Cl)cc5)n4)[C@H](C)C3)ccc2s1. The van der Waals surface area contributed by atoms with Crippen LogP contribution in [0.3, 0.4) is 0 Å². The number of aryl methyl sites for hydroxylation is 1. The highest BCUT2D eigenvalue weighted by molar-refractivity contribution is 7.18. The summed E-state index contributed by atoms with van der Waals surface area (Å²) in [4.78, 5) is 14.1. The van der Waals surface area contributed by atoms with Crippen LogP contribution in [-0.2, 0) is 6.54 Å². The van der Waals surface area contributed by atoms with E-state index in [9.17, 15) is 5.11 Å². The van der Waals surface area contributed by atoms with Crippen molar-refractivity contribution >= 4 is 44.5 Å². The van der Waals surface area contributed by atoms with Crippen molar-refractivity contribution in [2.75, 3.05) is 32.8 Å². The van der Waals surface area contributed by atoms with E-state index < -0.39 is 6.10 Å². The minimum Gasteiger partial charge on any atom is -0.491 e. The minimum absolute atomic E-state index is 0.273. The Morgan fingerprint density at radius 3 is 2.80 bits per heavy atom. The molecule has 9 heteroatoms. The lowest BCUT2D eigenvalue weighted by atomic mass is 10.1. The van der Waals surface area contributed by atoms with E-state index in [0.717, 1.165) is 68.4 Å². The van der Waals surface area contributed by atoms with Crippen molar-refractivity contribution in [1.82, 2.24) is 19.8 Å². The van der Waals surface area contributed by atoms with Gasteiger partial charge in [0.05, 0.1) is 20.9 Å². The van der Waals surface area contributed by atoms with E-state index in [1.807, 2.05) is 49.4 Å². The fraction of sp³-hybridized carbons (Fsp3) is 0.385. The molecule has 0 unspecified atom stereocenters. The van der Waals surface area contributed by atoms with Crippen molar-refractivity contribution in [1.29, 1.82) is 0 Å². The van der Waals surface area contributed by atoms with Gasteiger partial charge in [0.15, 0.2) is 0 Å².